The molecule has 1 aromatic heterocycles. The molecule has 0 bridgehead atoms. The van der Waals surface area contributed by atoms with E-state index in [1.807, 2.05) is 12.1 Å². The lowest BCUT2D eigenvalue weighted by Crippen LogP contribution is -2.40. The normalized spacial score (nSPS) is 19.8. The summed E-state index contributed by atoms with van der Waals surface area (Å²) in [5, 5.41) is 0. The van der Waals surface area contributed by atoms with Crippen LogP contribution < -0.4 is 11.5 Å². The average molecular weight is 311 g/mol. The van der Waals surface area contributed by atoms with E-state index in [2.05, 4.69) is 9.72 Å². The zero-order valence-electron chi connectivity index (χ0n) is 11.4. The van der Waals surface area contributed by atoms with Crippen molar-refractivity contribution in [3.05, 3.63) is 29.6 Å². The van der Waals surface area contributed by atoms with E-state index in [4.69, 9.17) is 16.2 Å². The standard InChI is InChI=1S/C13H17N3O4S/c14-11(17)19-4-5-21-8-13(20-12(15)18)6-9-2-1-3-16-10(9)7-13/h1-3H,4-8H2,(H2,14,17)(H2,15,18). The van der Waals surface area contributed by atoms with Gasteiger partial charge < -0.3 is 20.9 Å². The number of aromatic nitrogens is 1. The van der Waals surface area contributed by atoms with Crippen molar-refractivity contribution in [1.82, 2.24) is 4.98 Å². The van der Waals surface area contributed by atoms with Crippen molar-refractivity contribution in [3.8, 4) is 0 Å². The predicted octanol–water partition coefficient (Wildman–Crippen LogP) is 0.843. The number of hydrogen-bond donors (Lipinski definition) is 2. The molecule has 1 heterocycles. The Hall–Kier alpha value is -1.96. The van der Waals surface area contributed by atoms with Crippen molar-refractivity contribution in [3.63, 3.8) is 0 Å². The molecule has 0 spiro atoms. The average Bonchev–Trinajstić information content (AvgIpc) is 2.75. The Bertz CT molecular complexity index is 513. The molecule has 114 valence electrons. The number of thioether (sulfide) groups is 1. The van der Waals surface area contributed by atoms with Crippen LogP contribution in [0.5, 0.6) is 0 Å². The Morgan fingerprint density at radius 3 is 2.81 bits per heavy atom. The van der Waals surface area contributed by atoms with Crippen LogP contribution in [0.1, 0.15) is 11.3 Å². The van der Waals surface area contributed by atoms with Gasteiger partial charge in [-0.3, -0.25) is 4.98 Å². The van der Waals surface area contributed by atoms with Crippen LogP contribution in [-0.2, 0) is 22.3 Å². The van der Waals surface area contributed by atoms with Gasteiger partial charge in [0, 0.05) is 36.2 Å². The number of nitrogens with two attached hydrogens (primary N) is 2. The zero-order valence-corrected chi connectivity index (χ0v) is 12.2. The van der Waals surface area contributed by atoms with Gasteiger partial charge in [0.25, 0.3) is 0 Å². The fourth-order valence-electron chi connectivity index (χ4n) is 2.38. The minimum absolute atomic E-state index is 0.220. The molecule has 1 unspecified atom stereocenters. The highest BCUT2D eigenvalue weighted by Crippen LogP contribution is 2.34. The maximum absolute atomic E-state index is 11.2. The highest BCUT2D eigenvalue weighted by molar-refractivity contribution is 7.99. The molecular weight excluding hydrogens is 294 g/mol. The van der Waals surface area contributed by atoms with E-state index in [1.54, 1.807) is 6.20 Å². The SMILES string of the molecule is NC(=O)OCCSCC1(OC(N)=O)Cc2cccnc2C1. The van der Waals surface area contributed by atoms with E-state index in [0.717, 1.165) is 11.3 Å². The number of ether oxygens (including phenoxy) is 2. The summed E-state index contributed by atoms with van der Waals surface area (Å²) in [6.45, 7) is 0.220. The van der Waals surface area contributed by atoms with Crippen LogP contribution in [0.15, 0.2) is 18.3 Å². The Balaban J connectivity index is 1.94. The van der Waals surface area contributed by atoms with E-state index in [0.29, 0.717) is 24.3 Å². The number of primary amides is 2. The molecule has 0 aromatic carbocycles. The van der Waals surface area contributed by atoms with Crippen LogP contribution in [0.25, 0.3) is 0 Å². The number of rotatable bonds is 6. The van der Waals surface area contributed by atoms with Gasteiger partial charge in [0.1, 0.15) is 12.2 Å². The molecular formula is C13H17N3O4S. The maximum Gasteiger partial charge on any atom is 0.405 e. The van der Waals surface area contributed by atoms with Crippen molar-refractivity contribution in [2.45, 2.75) is 18.4 Å². The minimum Gasteiger partial charge on any atom is -0.449 e. The van der Waals surface area contributed by atoms with Crippen molar-refractivity contribution in [1.29, 1.82) is 0 Å². The van der Waals surface area contributed by atoms with Crippen LogP contribution in [0, 0.1) is 0 Å². The Morgan fingerprint density at radius 2 is 2.14 bits per heavy atom. The Labute approximate surface area is 126 Å². The molecule has 0 saturated carbocycles. The molecule has 1 atom stereocenters. The van der Waals surface area contributed by atoms with E-state index in [1.165, 1.54) is 11.8 Å². The number of amides is 2. The minimum atomic E-state index is -0.795. The second-order valence-corrected chi connectivity index (χ2v) is 5.89. The number of fused-ring (bicyclic) bond motifs is 1. The van der Waals surface area contributed by atoms with E-state index < -0.39 is 17.8 Å². The first-order chi connectivity index (χ1) is 10.0. The molecule has 2 rings (SSSR count). The Morgan fingerprint density at radius 1 is 1.33 bits per heavy atom. The van der Waals surface area contributed by atoms with Crippen molar-refractivity contribution < 1.29 is 19.1 Å². The number of hydrogen-bond acceptors (Lipinski definition) is 6. The number of carbonyl (C=O) groups is 2. The van der Waals surface area contributed by atoms with Crippen molar-refractivity contribution >= 4 is 23.9 Å². The smallest absolute Gasteiger partial charge is 0.405 e. The topological polar surface area (TPSA) is 118 Å². The zero-order chi connectivity index (χ0) is 15.3. The highest BCUT2D eigenvalue weighted by atomic mass is 32.2. The molecule has 0 radical (unpaired) electrons. The lowest BCUT2D eigenvalue weighted by atomic mass is 10.0. The molecule has 1 aliphatic carbocycles. The van der Waals surface area contributed by atoms with Gasteiger partial charge in [-0.25, -0.2) is 9.59 Å². The molecule has 21 heavy (non-hydrogen) atoms. The molecule has 2 amide bonds. The van der Waals surface area contributed by atoms with Gasteiger partial charge in [-0.15, -0.1) is 0 Å². The van der Waals surface area contributed by atoms with Gasteiger partial charge in [-0.2, -0.15) is 11.8 Å². The Kier molecular flexibility index (Phi) is 4.89. The van der Waals surface area contributed by atoms with E-state index >= 15 is 0 Å². The van der Waals surface area contributed by atoms with Gasteiger partial charge in [0.05, 0.1) is 0 Å². The summed E-state index contributed by atoms with van der Waals surface area (Å²) in [6.07, 6.45) is 1.25. The molecule has 7 nitrogen and oxygen atoms in total. The molecule has 0 saturated heterocycles. The van der Waals surface area contributed by atoms with Gasteiger partial charge in [-0.1, -0.05) is 6.07 Å². The van der Waals surface area contributed by atoms with Gasteiger partial charge in [0.2, 0.25) is 0 Å². The summed E-state index contributed by atoms with van der Waals surface area (Å²) >= 11 is 1.51. The summed E-state index contributed by atoms with van der Waals surface area (Å²) < 4.78 is 10.0. The number of pyridine rings is 1. The molecule has 0 fully saturated rings. The lowest BCUT2D eigenvalue weighted by molar-refractivity contribution is 0.0428. The van der Waals surface area contributed by atoms with Gasteiger partial charge >= 0.3 is 12.2 Å². The van der Waals surface area contributed by atoms with E-state index in [-0.39, 0.29) is 6.61 Å². The second-order valence-electron chi connectivity index (χ2n) is 4.79. The first-order valence-electron chi connectivity index (χ1n) is 6.42. The number of nitrogens with zero attached hydrogens (tertiary/aromatic N) is 1. The largest absolute Gasteiger partial charge is 0.449 e. The van der Waals surface area contributed by atoms with Crippen molar-refractivity contribution in [2.75, 3.05) is 18.1 Å². The first kappa shape index (κ1) is 15.4. The third kappa shape index (κ3) is 4.25. The molecule has 0 aliphatic heterocycles. The van der Waals surface area contributed by atoms with Crippen LogP contribution in [0.3, 0.4) is 0 Å². The molecule has 1 aromatic rings. The predicted molar refractivity (Wildman–Crippen MR) is 77.9 cm³/mol. The third-order valence-corrected chi connectivity index (χ3v) is 4.33. The second kappa shape index (κ2) is 6.66. The maximum atomic E-state index is 11.2. The summed E-state index contributed by atoms with van der Waals surface area (Å²) in [7, 11) is 0. The van der Waals surface area contributed by atoms with Crippen LogP contribution in [0.4, 0.5) is 9.59 Å². The summed E-state index contributed by atoms with van der Waals surface area (Å²) in [4.78, 5) is 25.9. The third-order valence-electron chi connectivity index (χ3n) is 3.14. The highest BCUT2D eigenvalue weighted by Gasteiger charge is 2.41. The van der Waals surface area contributed by atoms with Gasteiger partial charge in [-0.05, 0) is 11.6 Å². The quantitative estimate of drug-likeness (QED) is 0.752. The van der Waals surface area contributed by atoms with Crippen LogP contribution >= 0.6 is 11.8 Å². The first-order valence-corrected chi connectivity index (χ1v) is 7.57. The van der Waals surface area contributed by atoms with E-state index in [9.17, 15) is 9.59 Å². The fraction of sp³-hybridized carbons (Fsp3) is 0.462. The summed E-state index contributed by atoms with van der Waals surface area (Å²) in [5.41, 5.74) is 11.4. The summed E-state index contributed by atoms with van der Waals surface area (Å²) in [5.74, 6) is 1.12. The van der Waals surface area contributed by atoms with Gasteiger partial charge in [0.15, 0.2) is 0 Å². The molecule has 1 aliphatic rings. The summed E-state index contributed by atoms with van der Waals surface area (Å²) in [6, 6.07) is 3.82. The lowest BCUT2D eigenvalue weighted by Gasteiger charge is -2.27. The van der Waals surface area contributed by atoms with Crippen LogP contribution in [0.2, 0.25) is 0 Å². The van der Waals surface area contributed by atoms with Crippen molar-refractivity contribution in [2.24, 2.45) is 11.5 Å². The number of carbonyl (C=O) groups excluding carboxylic acids is 2. The molecule has 4 N–H and O–H groups in total. The van der Waals surface area contributed by atoms with Crippen LogP contribution in [-0.4, -0.2) is 40.9 Å². The molecule has 8 heteroatoms. The monoisotopic (exact) mass is 311 g/mol. The fourth-order valence-corrected chi connectivity index (χ4v) is 3.36.